The van der Waals surface area contributed by atoms with Gasteiger partial charge in [0.25, 0.3) is 0 Å². The van der Waals surface area contributed by atoms with Crippen molar-refractivity contribution in [2.24, 2.45) is 0 Å². The minimum atomic E-state index is -0.578. The summed E-state index contributed by atoms with van der Waals surface area (Å²) in [6, 6.07) is 28.3. The van der Waals surface area contributed by atoms with Crippen molar-refractivity contribution in [2.75, 3.05) is 0 Å². The van der Waals surface area contributed by atoms with Crippen molar-refractivity contribution in [2.45, 2.75) is 12.5 Å². The summed E-state index contributed by atoms with van der Waals surface area (Å²) in [6.45, 7) is 0. The van der Waals surface area contributed by atoms with Crippen molar-refractivity contribution >= 4 is 0 Å². The van der Waals surface area contributed by atoms with Crippen LogP contribution in [0.25, 0.3) is 0 Å². The molecule has 0 saturated heterocycles. The third kappa shape index (κ3) is 3.21. The van der Waals surface area contributed by atoms with Gasteiger partial charge in [0, 0.05) is 0 Å². The van der Waals surface area contributed by atoms with Crippen LogP contribution in [0.1, 0.15) is 28.4 Å². The first-order chi connectivity index (χ1) is 10.3. The SMILES string of the molecule is OC(c1ccccc1)c1ccccc1Cc1ccccc1. The van der Waals surface area contributed by atoms with Crippen molar-refractivity contribution in [3.8, 4) is 0 Å². The average Bonchev–Trinajstić information content (AvgIpc) is 2.56. The van der Waals surface area contributed by atoms with E-state index in [0.29, 0.717) is 0 Å². The van der Waals surface area contributed by atoms with Crippen molar-refractivity contribution < 1.29 is 5.11 Å². The van der Waals surface area contributed by atoms with E-state index in [9.17, 15) is 5.11 Å². The Hall–Kier alpha value is -2.38. The van der Waals surface area contributed by atoms with E-state index in [1.165, 1.54) is 11.1 Å². The van der Waals surface area contributed by atoms with Gasteiger partial charge in [-0.05, 0) is 28.7 Å². The Morgan fingerprint density at radius 3 is 1.95 bits per heavy atom. The van der Waals surface area contributed by atoms with Crippen LogP contribution in [0, 0.1) is 0 Å². The van der Waals surface area contributed by atoms with Crippen molar-refractivity contribution in [1.29, 1.82) is 0 Å². The molecule has 1 N–H and O–H groups in total. The fourth-order valence-electron chi connectivity index (χ4n) is 2.59. The Morgan fingerprint density at radius 2 is 1.24 bits per heavy atom. The lowest BCUT2D eigenvalue weighted by Crippen LogP contribution is -2.04. The first-order valence-electron chi connectivity index (χ1n) is 7.19. The monoisotopic (exact) mass is 274 g/mol. The number of rotatable bonds is 4. The number of hydrogen-bond acceptors (Lipinski definition) is 1. The molecule has 3 aromatic rings. The summed E-state index contributed by atoms with van der Waals surface area (Å²) in [5.74, 6) is 0. The molecule has 0 amide bonds. The number of aliphatic hydroxyl groups excluding tert-OH is 1. The Labute approximate surface area is 125 Å². The molecule has 0 heterocycles. The van der Waals surface area contributed by atoms with Crippen LogP contribution in [0.15, 0.2) is 84.9 Å². The van der Waals surface area contributed by atoms with Gasteiger partial charge < -0.3 is 5.11 Å². The molecule has 0 spiro atoms. The van der Waals surface area contributed by atoms with Crippen molar-refractivity contribution in [3.05, 3.63) is 107 Å². The summed E-state index contributed by atoms with van der Waals surface area (Å²) in [5.41, 5.74) is 4.33. The van der Waals surface area contributed by atoms with E-state index < -0.39 is 6.10 Å². The zero-order valence-corrected chi connectivity index (χ0v) is 11.8. The molecule has 0 aliphatic carbocycles. The smallest absolute Gasteiger partial charge is 0.104 e. The van der Waals surface area contributed by atoms with E-state index >= 15 is 0 Å². The molecule has 0 aliphatic heterocycles. The predicted molar refractivity (Wildman–Crippen MR) is 86.2 cm³/mol. The van der Waals surface area contributed by atoms with Gasteiger partial charge in [0.15, 0.2) is 0 Å². The lowest BCUT2D eigenvalue weighted by molar-refractivity contribution is 0.219. The Balaban J connectivity index is 1.93. The van der Waals surface area contributed by atoms with E-state index in [1.54, 1.807) is 0 Å². The molecule has 0 fully saturated rings. The molecule has 0 aromatic heterocycles. The summed E-state index contributed by atoms with van der Waals surface area (Å²) in [6.07, 6.45) is 0.257. The lowest BCUT2D eigenvalue weighted by Gasteiger charge is -2.16. The van der Waals surface area contributed by atoms with Gasteiger partial charge in [0.2, 0.25) is 0 Å². The van der Waals surface area contributed by atoms with E-state index in [2.05, 4.69) is 18.2 Å². The second-order valence-electron chi connectivity index (χ2n) is 5.17. The largest absolute Gasteiger partial charge is 0.384 e. The highest BCUT2D eigenvalue weighted by atomic mass is 16.3. The number of aliphatic hydroxyl groups is 1. The zero-order valence-electron chi connectivity index (χ0n) is 11.8. The molecule has 1 atom stereocenters. The van der Waals surface area contributed by atoms with Crippen LogP contribution in [0.5, 0.6) is 0 Å². The molecule has 0 bridgehead atoms. The maximum atomic E-state index is 10.7. The minimum Gasteiger partial charge on any atom is -0.384 e. The summed E-state index contributed by atoms with van der Waals surface area (Å²) < 4.78 is 0. The molecule has 0 saturated carbocycles. The molecule has 0 radical (unpaired) electrons. The van der Waals surface area contributed by atoms with Gasteiger partial charge in [0.05, 0.1) is 0 Å². The standard InChI is InChI=1S/C20H18O/c21-20(17-11-5-2-6-12-17)19-14-8-7-13-18(19)15-16-9-3-1-4-10-16/h1-14,20-21H,15H2. The topological polar surface area (TPSA) is 20.2 Å². The number of benzene rings is 3. The summed E-state index contributed by atoms with van der Waals surface area (Å²) in [4.78, 5) is 0. The maximum absolute atomic E-state index is 10.7. The Morgan fingerprint density at radius 1 is 0.667 bits per heavy atom. The molecule has 1 unspecified atom stereocenters. The van der Waals surface area contributed by atoms with Gasteiger partial charge in [-0.25, -0.2) is 0 Å². The van der Waals surface area contributed by atoms with Crippen LogP contribution >= 0.6 is 0 Å². The summed E-state index contributed by atoms with van der Waals surface area (Å²) >= 11 is 0. The van der Waals surface area contributed by atoms with Crippen LogP contribution in [-0.4, -0.2) is 5.11 Å². The summed E-state index contributed by atoms with van der Waals surface area (Å²) in [7, 11) is 0. The van der Waals surface area contributed by atoms with Crippen LogP contribution in [0.2, 0.25) is 0 Å². The van der Waals surface area contributed by atoms with Gasteiger partial charge in [-0.2, -0.15) is 0 Å². The molecule has 3 rings (SSSR count). The zero-order chi connectivity index (χ0) is 14.5. The highest BCUT2D eigenvalue weighted by molar-refractivity contribution is 5.38. The molecule has 3 aromatic carbocycles. The van der Waals surface area contributed by atoms with Gasteiger partial charge in [-0.1, -0.05) is 84.9 Å². The van der Waals surface area contributed by atoms with Gasteiger partial charge >= 0.3 is 0 Å². The maximum Gasteiger partial charge on any atom is 0.104 e. The van der Waals surface area contributed by atoms with Crippen LogP contribution in [-0.2, 0) is 6.42 Å². The van der Waals surface area contributed by atoms with Crippen LogP contribution < -0.4 is 0 Å². The quantitative estimate of drug-likeness (QED) is 0.749. The van der Waals surface area contributed by atoms with E-state index in [0.717, 1.165) is 17.5 Å². The minimum absolute atomic E-state index is 0.578. The van der Waals surface area contributed by atoms with Crippen LogP contribution in [0.4, 0.5) is 0 Å². The molecule has 0 aliphatic rings. The molecule has 104 valence electrons. The lowest BCUT2D eigenvalue weighted by atomic mass is 9.93. The molecular weight excluding hydrogens is 256 g/mol. The predicted octanol–water partition coefficient (Wildman–Crippen LogP) is 4.36. The summed E-state index contributed by atoms with van der Waals surface area (Å²) in [5, 5.41) is 10.7. The Kier molecular flexibility index (Phi) is 4.13. The van der Waals surface area contributed by atoms with Crippen molar-refractivity contribution in [1.82, 2.24) is 0 Å². The first kappa shape index (κ1) is 13.6. The average molecular weight is 274 g/mol. The molecular formula is C20H18O. The third-order valence-electron chi connectivity index (χ3n) is 3.70. The van der Waals surface area contributed by atoms with E-state index in [-0.39, 0.29) is 0 Å². The van der Waals surface area contributed by atoms with Gasteiger partial charge in [-0.3, -0.25) is 0 Å². The van der Waals surface area contributed by atoms with Crippen molar-refractivity contribution in [3.63, 3.8) is 0 Å². The molecule has 1 nitrogen and oxygen atoms in total. The van der Waals surface area contributed by atoms with Crippen LogP contribution in [0.3, 0.4) is 0 Å². The highest BCUT2D eigenvalue weighted by Gasteiger charge is 2.13. The fourth-order valence-corrected chi connectivity index (χ4v) is 2.59. The second-order valence-corrected chi connectivity index (χ2v) is 5.17. The Bertz CT molecular complexity index is 689. The molecule has 1 heteroatoms. The number of hydrogen-bond donors (Lipinski definition) is 1. The molecule has 21 heavy (non-hydrogen) atoms. The highest BCUT2D eigenvalue weighted by Crippen LogP contribution is 2.26. The second kappa shape index (κ2) is 6.38. The van der Waals surface area contributed by atoms with Gasteiger partial charge in [-0.15, -0.1) is 0 Å². The fraction of sp³-hybridized carbons (Fsp3) is 0.100. The third-order valence-corrected chi connectivity index (χ3v) is 3.70. The first-order valence-corrected chi connectivity index (χ1v) is 7.19. The van der Waals surface area contributed by atoms with Gasteiger partial charge in [0.1, 0.15) is 6.10 Å². The van der Waals surface area contributed by atoms with E-state index in [1.807, 2.05) is 66.7 Å². The van der Waals surface area contributed by atoms with E-state index in [4.69, 9.17) is 0 Å². The normalized spacial score (nSPS) is 12.0.